The molecule has 0 aliphatic heterocycles. The first-order valence-corrected chi connectivity index (χ1v) is 9.99. The van der Waals surface area contributed by atoms with Gasteiger partial charge in [0.05, 0.1) is 16.3 Å². The molecule has 0 radical (unpaired) electrons. The van der Waals surface area contributed by atoms with Crippen molar-refractivity contribution >= 4 is 27.1 Å². The number of anilines is 1. The van der Waals surface area contributed by atoms with Gasteiger partial charge in [-0.3, -0.25) is 15.5 Å². The van der Waals surface area contributed by atoms with E-state index in [9.17, 15) is 22.9 Å². The first kappa shape index (κ1) is 21.5. The summed E-state index contributed by atoms with van der Waals surface area (Å²) in [4.78, 5) is 10.2. The molecule has 0 aromatic heterocycles. The number of nitro groups is 1. The molecule has 28 heavy (non-hydrogen) atoms. The topological polar surface area (TPSA) is 105 Å². The molecular weight excluding hydrogens is 387 g/mol. The number of non-ortho nitro benzene ring substituents is 1. The second-order valence-electron chi connectivity index (χ2n) is 5.84. The fourth-order valence-corrected chi connectivity index (χ4v) is 4.15. The molecule has 0 saturated heterocycles. The van der Waals surface area contributed by atoms with Crippen LogP contribution in [-0.4, -0.2) is 36.4 Å². The van der Waals surface area contributed by atoms with E-state index in [1.54, 1.807) is 32.9 Å². The quantitative estimate of drug-likeness (QED) is 0.408. The van der Waals surface area contributed by atoms with E-state index in [0.717, 1.165) is 6.07 Å². The molecule has 0 atom stereocenters. The largest absolute Gasteiger partial charge is 0.277 e. The zero-order chi connectivity index (χ0) is 20.9. The van der Waals surface area contributed by atoms with Crippen molar-refractivity contribution < 1.29 is 17.7 Å². The Morgan fingerprint density at radius 1 is 1.18 bits per heavy atom. The number of nitrogens with one attached hydrogen (secondary N) is 1. The number of benzene rings is 2. The van der Waals surface area contributed by atoms with E-state index in [1.807, 2.05) is 0 Å². The summed E-state index contributed by atoms with van der Waals surface area (Å²) in [6, 6.07) is 9.17. The van der Waals surface area contributed by atoms with Crippen LogP contribution in [0.3, 0.4) is 0 Å². The van der Waals surface area contributed by atoms with E-state index in [0.29, 0.717) is 11.3 Å². The minimum atomic E-state index is -3.96. The Balaban J connectivity index is 2.47. The smallest absolute Gasteiger partial charge is 0.270 e. The molecule has 0 aliphatic carbocycles. The highest BCUT2D eigenvalue weighted by Gasteiger charge is 2.27. The summed E-state index contributed by atoms with van der Waals surface area (Å²) < 4.78 is 40.1. The van der Waals surface area contributed by atoms with Gasteiger partial charge in [-0.1, -0.05) is 26.0 Å². The van der Waals surface area contributed by atoms with Gasteiger partial charge in [0.15, 0.2) is 0 Å². The van der Waals surface area contributed by atoms with E-state index < -0.39 is 14.9 Å². The Morgan fingerprint density at radius 3 is 2.32 bits per heavy atom. The highest BCUT2D eigenvalue weighted by molar-refractivity contribution is 7.89. The van der Waals surface area contributed by atoms with Gasteiger partial charge in [-0.15, -0.1) is 0 Å². The SMILES string of the molecule is CCN(CC)S(=O)(=O)c1cc([N+](=O)[O-])ccc1N/N=C(/C)c1ccc(F)cc1. The van der Waals surface area contributed by atoms with Crippen LogP contribution in [0, 0.1) is 15.9 Å². The van der Waals surface area contributed by atoms with Crippen LogP contribution in [0.2, 0.25) is 0 Å². The highest BCUT2D eigenvalue weighted by atomic mass is 32.2. The predicted molar refractivity (Wildman–Crippen MR) is 105 cm³/mol. The molecule has 2 aromatic carbocycles. The molecule has 0 spiro atoms. The Bertz CT molecular complexity index is 987. The standard InChI is InChI=1S/C18H21FN4O4S/c1-4-22(5-2)28(26,27)18-12-16(23(24)25)10-11-17(18)21-20-13(3)14-6-8-15(19)9-7-14/h6-12,21H,4-5H2,1-3H3/b20-13-. The molecule has 150 valence electrons. The van der Waals surface area contributed by atoms with E-state index in [4.69, 9.17) is 0 Å². The molecule has 0 saturated carbocycles. The zero-order valence-corrected chi connectivity index (χ0v) is 16.5. The third-order valence-corrected chi connectivity index (χ3v) is 6.20. The van der Waals surface area contributed by atoms with Crippen molar-refractivity contribution in [3.05, 3.63) is 64.0 Å². The molecular formula is C18H21FN4O4S. The van der Waals surface area contributed by atoms with Gasteiger partial charge in [-0.2, -0.15) is 9.41 Å². The van der Waals surface area contributed by atoms with Gasteiger partial charge in [0, 0.05) is 25.2 Å². The first-order valence-electron chi connectivity index (χ1n) is 8.55. The summed E-state index contributed by atoms with van der Waals surface area (Å²) in [6.45, 7) is 5.48. The van der Waals surface area contributed by atoms with E-state index in [-0.39, 0.29) is 35.2 Å². The van der Waals surface area contributed by atoms with Crippen molar-refractivity contribution in [3.8, 4) is 0 Å². The average Bonchev–Trinajstić information content (AvgIpc) is 2.67. The van der Waals surface area contributed by atoms with Crippen LogP contribution in [0.5, 0.6) is 0 Å². The predicted octanol–water partition coefficient (Wildman–Crippen LogP) is 3.60. The molecule has 10 heteroatoms. The third-order valence-electron chi connectivity index (χ3n) is 4.11. The second kappa shape index (κ2) is 8.89. The van der Waals surface area contributed by atoms with Crippen LogP contribution in [0.25, 0.3) is 0 Å². The van der Waals surface area contributed by atoms with Crippen molar-refractivity contribution in [3.63, 3.8) is 0 Å². The van der Waals surface area contributed by atoms with Crippen LogP contribution in [0.4, 0.5) is 15.8 Å². The van der Waals surface area contributed by atoms with Gasteiger partial charge < -0.3 is 0 Å². The van der Waals surface area contributed by atoms with Crippen molar-refractivity contribution in [2.75, 3.05) is 18.5 Å². The lowest BCUT2D eigenvalue weighted by Gasteiger charge is -2.20. The van der Waals surface area contributed by atoms with Gasteiger partial charge >= 0.3 is 0 Å². The highest BCUT2D eigenvalue weighted by Crippen LogP contribution is 2.29. The Hall–Kier alpha value is -2.85. The van der Waals surface area contributed by atoms with E-state index in [1.165, 1.54) is 28.6 Å². The maximum Gasteiger partial charge on any atom is 0.270 e. The van der Waals surface area contributed by atoms with E-state index >= 15 is 0 Å². The number of hydrogen-bond acceptors (Lipinski definition) is 6. The fourth-order valence-electron chi connectivity index (χ4n) is 2.53. The monoisotopic (exact) mass is 408 g/mol. The maximum atomic E-state index is 13.0. The summed E-state index contributed by atoms with van der Waals surface area (Å²) in [5, 5.41) is 15.2. The molecule has 2 rings (SSSR count). The second-order valence-corrected chi connectivity index (χ2v) is 7.75. The molecule has 0 bridgehead atoms. The van der Waals surface area contributed by atoms with Crippen LogP contribution in [0.15, 0.2) is 52.5 Å². The lowest BCUT2D eigenvalue weighted by Crippen LogP contribution is -2.31. The summed E-state index contributed by atoms with van der Waals surface area (Å²) in [5.74, 6) is -0.382. The fraction of sp³-hybridized carbons (Fsp3) is 0.278. The van der Waals surface area contributed by atoms with Crippen molar-refractivity contribution in [1.82, 2.24) is 4.31 Å². The van der Waals surface area contributed by atoms with E-state index in [2.05, 4.69) is 10.5 Å². The number of nitro benzene ring substituents is 1. The normalized spacial score (nSPS) is 12.2. The van der Waals surface area contributed by atoms with Gasteiger partial charge in [-0.05, 0) is 30.7 Å². The number of rotatable bonds is 8. The summed E-state index contributed by atoms with van der Waals surface area (Å²) in [7, 11) is -3.96. The molecule has 0 fully saturated rings. The molecule has 0 unspecified atom stereocenters. The minimum absolute atomic E-state index is 0.110. The molecule has 0 heterocycles. The molecule has 0 amide bonds. The van der Waals surface area contributed by atoms with Crippen LogP contribution in [-0.2, 0) is 10.0 Å². The Kier molecular flexibility index (Phi) is 6.81. The molecule has 1 N–H and O–H groups in total. The van der Waals surface area contributed by atoms with Crippen molar-refractivity contribution in [2.24, 2.45) is 5.10 Å². The number of nitrogens with zero attached hydrogens (tertiary/aromatic N) is 3. The van der Waals surface area contributed by atoms with Gasteiger partial charge in [0.2, 0.25) is 10.0 Å². The minimum Gasteiger partial charge on any atom is -0.277 e. The number of hydrazone groups is 1. The number of halogens is 1. The number of hydrogen-bond donors (Lipinski definition) is 1. The lowest BCUT2D eigenvalue weighted by molar-refractivity contribution is -0.385. The summed E-state index contributed by atoms with van der Waals surface area (Å²) >= 11 is 0. The Labute approximate surface area is 162 Å². The average molecular weight is 408 g/mol. The zero-order valence-electron chi connectivity index (χ0n) is 15.7. The summed E-state index contributed by atoms with van der Waals surface area (Å²) in [6.07, 6.45) is 0. The molecule has 2 aromatic rings. The van der Waals surface area contributed by atoms with Crippen molar-refractivity contribution in [1.29, 1.82) is 0 Å². The van der Waals surface area contributed by atoms with Gasteiger partial charge in [0.1, 0.15) is 10.7 Å². The van der Waals surface area contributed by atoms with Crippen LogP contribution >= 0.6 is 0 Å². The van der Waals surface area contributed by atoms with Gasteiger partial charge in [-0.25, -0.2) is 12.8 Å². The number of sulfonamides is 1. The van der Waals surface area contributed by atoms with Gasteiger partial charge in [0.25, 0.3) is 5.69 Å². The van der Waals surface area contributed by atoms with Crippen LogP contribution < -0.4 is 5.43 Å². The molecule has 8 nitrogen and oxygen atoms in total. The Morgan fingerprint density at radius 2 is 1.79 bits per heavy atom. The lowest BCUT2D eigenvalue weighted by atomic mass is 10.1. The van der Waals surface area contributed by atoms with Crippen LogP contribution in [0.1, 0.15) is 26.3 Å². The third kappa shape index (κ3) is 4.70. The summed E-state index contributed by atoms with van der Waals surface area (Å²) in [5.41, 5.74) is 3.57. The first-order chi connectivity index (χ1) is 13.2. The van der Waals surface area contributed by atoms with Crippen molar-refractivity contribution in [2.45, 2.75) is 25.7 Å². The molecule has 0 aliphatic rings. The maximum absolute atomic E-state index is 13.0.